The maximum atomic E-state index is 10.1. The predicted molar refractivity (Wildman–Crippen MR) is 50.9 cm³/mol. The van der Waals surface area contributed by atoms with Crippen LogP contribution in [0.5, 0.6) is 0 Å². The van der Waals surface area contributed by atoms with Gasteiger partial charge in [-0.15, -0.1) is 0 Å². The molecule has 6 nitrogen and oxygen atoms in total. The largest absolute Gasteiger partial charge is 1.00 e. The standard InChI is InChI=1S/C6H12N2O4S2.2Li/c7-3(5(9)10)1-13-14-2-4(8)6(11)12;;/h3-4H,1-2,7-8H2,(H,9,10)(H,11,12);;/q;2*+1/p-2/t3-,4-;;/m0../s1. The Morgan fingerprint density at radius 2 is 1.19 bits per heavy atom. The van der Waals surface area contributed by atoms with Crippen molar-refractivity contribution in [3.63, 3.8) is 0 Å². The van der Waals surface area contributed by atoms with E-state index in [1.165, 1.54) is 0 Å². The Morgan fingerprint density at radius 1 is 0.938 bits per heavy atom. The second kappa shape index (κ2) is 12.2. The van der Waals surface area contributed by atoms with Gasteiger partial charge in [-0.3, -0.25) is 0 Å². The van der Waals surface area contributed by atoms with Crippen LogP contribution in [0.1, 0.15) is 0 Å². The van der Waals surface area contributed by atoms with Gasteiger partial charge in [-0.2, -0.15) is 0 Å². The zero-order valence-electron chi connectivity index (χ0n) is 9.17. The van der Waals surface area contributed by atoms with E-state index in [1.807, 2.05) is 0 Å². The van der Waals surface area contributed by atoms with Crippen molar-refractivity contribution < 1.29 is 57.5 Å². The number of aliphatic carboxylic acids is 2. The molecule has 16 heavy (non-hydrogen) atoms. The quantitative estimate of drug-likeness (QED) is 0.259. The molecule has 82 valence electrons. The van der Waals surface area contributed by atoms with Crippen molar-refractivity contribution in [3.8, 4) is 0 Å². The van der Waals surface area contributed by atoms with E-state index in [0.29, 0.717) is 0 Å². The number of nitrogens with two attached hydrogens (primary N) is 2. The summed E-state index contributed by atoms with van der Waals surface area (Å²) in [4.78, 5) is 20.3. The van der Waals surface area contributed by atoms with Gasteiger partial charge >= 0.3 is 37.7 Å². The average molecular weight is 252 g/mol. The van der Waals surface area contributed by atoms with Gasteiger partial charge < -0.3 is 31.3 Å². The van der Waals surface area contributed by atoms with E-state index in [0.717, 1.165) is 21.6 Å². The first-order valence-corrected chi connectivity index (χ1v) is 6.11. The normalized spacial score (nSPS) is 12.9. The van der Waals surface area contributed by atoms with Crippen LogP contribution in [-0.2, 0) is 9.59 Å². The minimum absolute atomic E-state index is 0. The molecule has 4 N–H and O–H groups in total. The van der Waals surface area contributed by atoms with Crippen molar-refractivity contribution in [2.24, 2.45) is 11.5 Å². The van der Waals surface area contributed by atoms with Crippen molar-refractivity contribution in [2.75, 3.05) is 11.5 Å². The Hall–Kier alpha value is 0.755. The molecular formula is C6H10Li2N2O4S2. The summed E-state index contributed by atoms with van der Waals surface area (Å²) in [5.74, 6) is -2.37. The molecule has 0 aliphatic carbocycles. The molecule has 0 aliphatic rings. The summed E-state index contributed by atoms with van der Waals surface area (Å²) in [6.45, 7) is 0. The molecule has 0 aliphatic heterocycles. The molecule has 0 fully saturated rings. The van der Waals surface area contributed by atoms with Crippen LogP contribution in [0.4, 0.5) is 0 Å². The average Bonchev–Trinajstić information content (AvgIpc) is 2.11. The minimum Gasteiger partial charge on any atom is -0.548 e. The van der Waals surface area contributed by atoms with Crippen LogP contribution in [-0.4, -0.2) is 35.5 Å². The van der Waals surface area contributed by atoms with Gasteiger partial charge in [-0.05, 0) is 0 Å². The zero-order valence-corrected chi connectivity index (χ0v) is 10.8. The predicted octanol–water partition coefficient (Wildman–Crippen LogP) is -9.47. The number of hydrogen-bond donors (Lipinski definition) is 2. The Morgan fingerprint density at radius 3 is 1.38 bits per heavy atom. The molecule has 0 radical (unpaired) electrons. The molecule has 0 amide bonds. The van der Waals surface area contributed by atoms with E-state index in [2.05, 4.69) is 0 Å². The summed E-state index contributed by atoms with van der Waals surface area (Å²) in [7, 11) is 2.27. The Bertz CT molecular complexity index is 201. The smallest absolute Gasteiger partial charge is 0.548 e. The summed E-state index contributed by atoms with van der Waals surface area (Å²) >= 11 is 0. The van der Waals surface area contributed by atoms with Crippen molar-refractivity contribution in [1.29, 1.82) is 0 Å². The maximum Gasteiger partial charge on any atom is 1.00 e. The van der Waals surface area contributed by atoms with Gasteiger partial charge in [-0.25, -0.2) is 0 Å². The molecule has 0 saturated heterocycles. The first-order valence-electron chi connectivity index (χ1n) is 3.62. The number of carboxylic acid groups (broad SMARTS) is 2. The van der Waals surface area contributed by atoms with Gasteiger partial charge in [0.15, 0.2) is 0 Å². The fourth-order valence-corrected chi connectivity index (χ4v) is 2.59. The molecule has 10 heteroatoms. The SMILES string of the molecule is N[C@@H](CSSC[C@H](N)C(=O)[O-])C(=O)[O-].[Li+].[Li+]. The third-order valence-electron chi connectivity index (χ3n) is 1.18. The zero-order chi connectivity index (χ0) is 11.1. The van der Waals surface area contributed by atoms with E-state index in [1.54, 1.807) is 0 Å². The Balaban J connectivity index is -0.000000845. The summed E-state index contributed by atoms with van der Waals surface area (Å²) in [5.41, 5.74) is 10.3. The summed E-state index contributed by atoms with van der Waals surface area (Å²) in [5, 5.41) is 20.3. The van der Waals surface area contributed by atoms with E-state index >= 15 is 0 Å². The second-order valence-corrected chi connectivity index (χ2v) is 4.97. The number of rotatable bonds is 7. The molecule has 2 atom stereocenters. The van der Waals surface area contributed by atoms with E-state index < -0.39 is 24.0 Å². The molecule has 0 rings (SSSR count). The molecule has 0 aromatic rings. The second-order valence-electron chi connectivity index (χ2n) is 2.42. The van der Waals surface area contributed by atoms with Gasteiger partial charge in [0, 0.05) is 11.5 Å². The van der Waals surface area contributed by atoms with Crippen LogP contribution >= 0.6 is 21.6 Å². The van der Waals surface area contributed by atoms with E-state index in [9.17, 15) is 19.8 Å². The molecule has 0 bridgehead atoms. The molecule has 0 aromatic carbocycles. The molecule has 0 unspecified atom stereocenters. The van der Waals surface area contributed by atoms with Crippen molar-refractivity contribution in [1.82, 2.24) is 0 Å². The number of carbonyl (C=O) groups excluding carboxylic acids is 2. The van der Waals surface area contributed by atoms with Crippen LogP contribution in [0.15, 0.2) is 0 Å². The topological polar surface area (TPSA) is 132 Å². The monoisotopic (exact) mass is 252 g/mol. The Kier molecular flexibility index (Phi) is 16.8. The van der Waals surface area contributed by atoms with Gasteiger partial charge in [0.05, 0.1) is 24.0 Å². The molecule has 0 heterocycles. The summed E-state index contributed by atoms with van der Waals surface area (Å²) < 4.78 is 0. The molecule has 0 aromatic heterocycles. The number of hydrogen-bond acceptors (Lipinski definition) is 8. The maximum absolute atomic E-state index is 10.1. The van der Waals surface area contributed by atoms with E-state index in [-0.39, 0.29) is 49.2 Å². The molecular weight excluding hydrogens is 242 g/mol. The van der Waals surface area contributed by atoms with Crippen LogP contribution < -0.4 is 59.4 Å². The third-order valence-corrected chi connectivity index (χ3v) is 3.66. The van der Waals surface area contributed by atoms with Gasteiger partial charge in [0.1, 0.15) is 0 Å². The first-order chi connectivity index (χ1) is 6.45. The third kappa shape index (κ3) is 11.2. The van der Waals surface area contributed by atoms with E-state index in [4.69, 9.17) is 11.5 Å². The summed E-state index contributed by atoms with van der Waals surface area (Å²) in [6.07, 6.45) is 0. The minimum atomic E-state index is -1.33. The number of carboxylic acids is 2. The van der Waals surface area contributed by atoms with Crippen LogP contribution in [0.25, 0.3) is 0 Å². The van der Waals surface area contributed by atoms with Crippen molar-refractivity contribution >= 4 is 33.5 Å². The Labute approximate surface area is 125 Å². The van der Waals surface area contributed by atoms with Crippen LogP contribution in [0, 0.1) is 0 Å². The molecule has 0 spiro atoms. The fraction of sp³-hybridized carbons (Fsp3) is 0.667. The fourth-order valence-electron chi connectivity index (χ4n) is 0.379. The number of carbonyl (C=O) groups is 2. The van der Waals surface area contributed by atoms with Crippen molar-refractivity contribution in [3.05, 3.63) is 0 Å². The van der Waals surface area contributed by atoms with Gasteiger partial charge in [0.25, 0.3) is 0 Å². The first kappa shape index (κ1) is 22.0. The van der Waals surface area contributed by atoms with Gasteiger partial charge in [-0.1, -0.05) is 21.6 Å². The van der Waals surface area contributed by atoms with Gasteiger partial charge in [0.2, 0.25) is 0 Å². The van der Waals surface area contributed by atoms with Crippen LogP contribution in [0.3, 0.4) is 0 Å². The summed E-state index contributed by atoms with van der Waals surface area (Å²) in [6, 6.07) is -2.10. The van der Waals surface area contributed by atoms with Crippen molar-refractivity contribution in [2.45, 2.75) is 12.1 Å². The van der Waals surface area contributed by atoms with Crippen LogP contribution in [0.2, 0.25) is 0 Å². The molecule has 0 saturated carbocycles.